The molecule has 2 rings (SSSR count). The zero-order valence-corrected chi connectivity index (χ0v) is 11.7. The summed E-state index contributed by atoms with van der Waals surface area (Å²) in [5.41, 5.74) is 0. The molecule has 17 heavy (non-hydrogen) atoms. The number of nitrogens with one attached hydrogen (secondary N) is 1. The van der Waals surface area contributed by atoms with Crippen molar-refractivity contribution in [2.45, 2.75) is 28.8 Å². The lowest BCUT2D eigenvalue weighted by Crippen LogP contribution is -2.30. The molecular formula is C11H17N3OS2. The molecule has 0 atom stereocenters. The van der Waals surface area contributed by atoms with Gasteiger partial charge < -0.3 is 10.1 Å². The first-order valence-corrected chi connectivity index (χ1v) is 7.83. The Labute approximate surface area is 110 Å². The molecule has 0 aliphatic carbocycles. The third kappa shape index (κ3) is 3.76. The lowest BCUT2D eigenvalue weighted by Gasteiger charge is -2.24. The second-order valence-electron chi connectivity index (χ2n) is 3.78. The Morgan fingerprint density at radius 2 is 2.29 bits per heavy atom. The largest absolute Gasteiger partial charge is 0.379 e. The Morgan fingerprint density at radius 1 is 1.47 bits per heavy atom. The highest BCUT2D eigenvalue weighted by atomic mass is 32.2. The first-order chi connectivity index (χ1) is 8.31. The van der Waals surface area contributed by atoms with Gasteiger partial charge in [-0.05, 0) is 12.7 Å². The summed E-state index contributed by atoms with van der Waals surface area (Å²) in [6.07, 6.45) is 3.09. The normalized spacial score (nSPS) is 15.6. The molecule has 0 spiro atoms. The van der Waals surface area contributed by atoms with E-state index in [1.165, 1.54) is 0 Å². The second kappa shape index (κ2) is 6.47. The molecule has 1 N–H and O–H groups in total. The molecule has 1 aromatic heterocycles. The average Bonchev–Trinajstić information content (AvgIpc) is 2.31. The smallest absolute Gasteiger partial charge is 0.190 e. The minimum Gasteiger partial charge on any atom is -0.379 e. The number of aromatic nitrogens is 2. The van der Waals surface area contributed by atoms with Crippen molar-refractivity contribution in [2.24, 2.45) is 0 Å². The molecule has 0 saturated carbocycles. The van der Waals surface area contributed by atoms with E-state index in [2.05, 4.69) is 22.2 Å². The van der Waals surface area contributed by atoms with Gasteiger partial charge in [-0.2, -0.15) is 0 Å². The van der Waals surface area contributed by atoms with E-state index in [9.17, 15) is 0 Å². The van der Waals surface area contributed by atoms with Gasteiger partial charge in [-0.25, -0.2) is 9.97 Å². The molecule has 0 aromatic carbocycles. The van der Waals surface area contributed by atoms with E-state index in [1.807, 2.05) is 12.3 Å². The van der Waals surface area contributed by atoms with E-state index in [0.717, 1.165) is 42.2 Å². The van der Waals surface area contributed by atoms with Gasteiger partial charge in [0.15, 0.2) is 5.16 Å². The average molecular weight is 271 g/mol. The van der Waals surface area contributed by atoms with E-state index in [0.29, 0.717) is 5.25 Å². The zero-order valence-electron chi connectivity index (χ0n) is 10.1. The van der Waals surface area contributed by atoms with Crippen molar-refractivity contribution in [3.63, 3.8) is 0 Å². The number of hydrogen-bond acceptors (Lipinski definition) is 6. The van der Waals surface area contributed by atoms with Gasteiger partial charge >= 0.3 is 0 Å². The molecule has 2 heterocycles. The van der Waals surface area contributed by atoms with Crippen molar-refractivity contribution in [3.05, 3.63) is 6.07 Å². The highest BCUT2D eigenvalue weighted by Crippen LogP contribution is 2.29. The molecule has 94 valence electrons. The van der Waals surface area contributed by atoms with Gasteiger partial charge in [0, 0.05) is 12.6 Å². The summed E-state index contributed by atoms with van der Waals surface area (Å²) in [6.45, 7) is 4.76. The summed E-state index contributed by atoms with van der Waals surface area (Å²) in [5, 5.41) is 5.73. The SMILES string of the molecule is CCCNc1cc(SC2COC2)nc(SC)n1. The fourth-order valence-corrected chi connectivity index (χ4v) is 2.78. The van der Waals surface area contributed by atoms with Crippen LogP contribution in [0.25, 0.3) is 0 Å². The van der Waals surface area contributed by atoms with Crippen molar-refractivity contribution >= 4 is 29.3 Å². The maximum atomic E-state index is 5.17. The topological polar surface area (TPSA) is 47.0 Å². The highest BCUT2D eigenvalue weighted by Gasteiger charge is 2.20. The molecule has 0 radical (unpaired) electrons. The number of nitrogens with zero attached hydrogens (tertiary/aromatic N) is 2. The van der Waals surface area contributed by atoms with Gasteiger partial charge in [0.1, 0.15) is 10.8 Å². The minimum atomic E-state index is 0.554. The van der Waals surface area contributed by atoms with Crippen molar-refractivity contribution < 1.29 is 4.74 Å². The van der Waals surface area contributed by atoms with Crippen LogP contribution < -0.4 is 5.32 Å². The quantitative estimate of drug-likeness (QED) is 0.487. The Kier molecular flexibility index (Phi) is 4.94. The lowest BCUT2D eigenvalue weighted by molar-refractivity contribution is 0.0454. The van der Waals surface area contributed by atoms with Crippen LogP contribution in [0, 0.1) is 0 Å². The summed E-state index contributed by atoms with van der Waals surface area (Å²) in [7, 11) is 0. The molecule has 0 amide bonds. The third-order valence-corrected chi connectivity index (χ3v) is 3.92. The Bertz CT molecular complexity index is 372. The Morgan fingerprint density at radius 3 is 2.88 bits per heavy atom. The predicted octanol–water partition coefficient (Wildman–Crippen LogP) is 2.51. The number of anilines is 1. The number of ether oxygens (including phenoxy) is 1. The van der Waals surface area contributed by atoms with E-state index in [4.69, 9.17) is 4.74 Å². The Hall–Kier alpha value is -0.460. The molecule has 1 aliphatic rings. The van der Waals surface area contributed by atoms with Crippen molar-refractivity contribution in [2.75, 3.05) is 31.3 Å². The van der Waals surface area contributed by atoms with Crippen LogP contribution in [0.3, 0.4) is 0 Å². The number of hydrogen-bond donors (Lipinski definition) is 1. The van der Waals surface area contributed by atoms with Crippen LogP contribution in [0.4, 0.5) is 5.82 Å². The fraction of sp³-hybridized carbons (Fsp3) is 0.636. The summed E-state index contributed by atoms with van der Waals surface area (Å²) < 4.78 is 5.17. The van der Waals surface area contributed by atoms with E-state index in [1.54, 1.807) is 23.5 Å². The van der Waals surface area contributed by atoms with Gasteiger partial charge in [-0.3, -0.25) is 0 Å². The van der Waals surface area contributed by atoms with Gasteiger partial charge in [0.05, 0.1) is 18.5 Å². The van der Waals surface area contributed by atoms with Crippen LogP contribution in [0.2, 0.25) is 0 Å². The van der Waals surface area contributed by atoms with Crippen molar-refractivity contribution in [1.29, 1.82) is 0 Å². The van der Waals surface area contributed by atoms with Gasteiger partial charge in [-0.15, -0.1) is 0 Å². The molecule has 1 saturated heterocycles. The first kappa shape index (κ1) is 13.0. The Balaban J connectivity index is 2.06. The predicted molar refractivity (Wildman–Crippen MR) is 73.1 cm³/mol. The standard InChI is InChI=1S/C11H17N3OS2/c1-3-4-12-9-5-10(14-11(13-9)16-2)17-8-6-15-7-8/h5,8H,3-4,6-7H2,1-2H3,(H,12,13,14). The zero-order chi connectivity index (χ0) is 12.1. The molecule has 1 aromatic rings. The molecule has 0 bridgehead atoms. The molecule has 0 unspecified atom stereocenters. The van der Waals surface area contributed by atoms with E-state index < -0.39 is 0 Å². The van der Waals surface area contributed by atoms with Crippen LogP contribution in [0.15, 0.2) is 16.2 Å². The molecular weight excluding hydrogens is 254 g/mol. The van der Waals surface area contributed by atoms with Crippen LogP contribution in [-0.4, -0.2) is 41.2 Å². The lowest BCUT2D eigenvalue weighted by atomic mass is 10.4. The van der Waals surface area contributed by atoms with Gasteiger partial charge in [0.2, 0.25) is 0 Å². The number of thioether (sulfide) groups is 2. The van der Waals surface area contributed by atoms with Gasteiger partial charge in [0.25, 0.3) is 0 Å². The summed E-state index contributed by atoms with van der Waals surface area (Å²) in [5.74, 6) is 0.925. The third-order valence-electron chi connectivity index (χ3n) is 2.32. The molecule has 6 heteroatoms. The van der Waals surface area contributed by atoms with Crippen LogP contribution >= 0.6 is 23.5 Å². The summed E-state index contributed by atoms with van der Waals surface area (Å²) >= 11 is 3.35. The number of rotatable bonds is 6. The van der Waals surface area contributed by atoms with Crippen LogP contribution in [-0.2, 0) is 4.74 Å². The minimum absolute atomic E-state index is 0.554. The van der Waals surface area contributed by atoms with Crippen LogP contribution in [0.5, 0.6) is 0 Å². The summed E-state index contributed by atoms with van der Waals surface area (Å²) in [6, 6.07) is 2.03. The van der Waals surface area contributed by atoms with Gasteiger partial charge in [-0.1, -0.05) is 30.4 Å². The molecule has 1 aliphatic heterocycles. The van der Waals surface area contributed by atoms with E-state index >= 15 is 0 Å². The first-order valence-electron chi connectivity index (χ1n) is 5.73. The molecule has 4 nitrogen and oxygen atoms in total. The van der Waals surface area contributed by atoms with E-state index in [-0.39, 0.29) is 0 Å². The fourth-order valence-electron chi connectivity index (χ4n) is 1.35. The molecule has 1 fully saturated rings. The monoisotopic (exact) mass is 271 g/mol. The summed E-state index contributed by atoms with van der Waals surface area (Å²) in [4.78, 5) is 8.94. The maximum Gasteiger partial charge on any atom is 0.190 e. The van der Waals surface area contributed by atoms with Crippen LogP contribution in [0.1, 0.15) is 13.3 Å². The highest BCUT2D eigenvalue weighted by molar-refractivity contribution is 8.00. The van der Waals surface area contributed by atoms with Crippen molar-refractivity contribution in [1.82, 2.24) is 9.97 Å². The maximum absolute atomic E-state index is 5.17. The van der Waals surface area contributed by atoms with Crippen molar-refractivity contribution in [3.8, 4) is 0 Å². The second-order valence-corrected chi connectivity index (χ2v) is 5.88.